The van der Waals surface area contributed by atoms with Crippen molar-refractivity contribution >= 4 is 22.6 Å². The van der Waals surface area contributed by atoms with Gasteiger partial charge in [-0.3, -0.25) is 4.79 Å². The summed E-state index contributed by atoms with van der Waals surface area (Å²) in [7, 11) is 0. The molecule has 0 saturated carbocycles. The van der Waals surface area contributed by atoms with Crippen molar-refractivity contribution in [3.8, 4) is 22.6 Å². The smallest absolute Gasteiger partial charge is 0.344 e. The third-order valence-electron chi connectivity index (χ3n) is 4.73. The van der Waals surface area contributed by atoms with Gasteiger partial charge < -0.3 is 19.2 Å². The number of carbonyl (C=O) groups is 1. The molecule has 1 aliphatic heterocycles. The second kappa shape index (κ2) is 6.83. The minimum atomic E-state index is -0.402. The third-order valence-corrected chi connectivity index (χ3v) is 4.73. The summed E-state index contributed by atoms with van der Waals surface area (Å²) in [5.41, 5.74) is 2.41. The molecule has 29 heavy (non-hydrogen) atoms. The fraction of sp³-hybridized carbons (Fsp3) is 0.0435. The van der Waals surface area contributed by atoms with E-state index >= 15 is 0 Å². The van der Waals surface area contributed by atoms with Crippen LogP contribution in [0, 0.1) is 0 Å². The van der Waals surface area contributed by atoms with Crippen LogP contribution in [-0.4, -0.2) is 12.7 Å². The Kier molecular flexibility index (Phi) is 4.02. The van der Waals surface area contributed by atoms with Crippen LogP contribution in [-0.2, 0) is 0 Å². The molecule has 6 nitrogen and oxygen atoms in total. The Morgan fingerprint density at radius 2 is 1.66 bits per heavy atom. The molecule has 5 rings (SSSR count). The summed E-state index contributed by atoms with van der Waals surface area (Å²) in [4.78, 5) is 24.8. The summed E-state index contributed by atoms with van der Waals surface area (Å²) in [5.74, 6) is 0.914. The molecule has 1 aliphatic rings. The lowest BCUT2D eigenvalue weighted by Gasteiger charge is -2.07. The van der Waals surface area contributed by atoms with Crippen LogP contribution in [0.25, 0.3) is 22.1 Å². The van der Waals surface area contributed by atoms with E-state index in [1.807, 2.05) is 18.2 Å². The fourth-order valence-electron chi connectivity index (χ4n) is 3.24. The minimum absolute atomic E-state index is 0.157. The topological polar surface area (TPSA) is 77.8 Å². The van der Waals surface area contributed by atoms with E-state index < -0.39 is 5.63 Å². The maximum Gasteiger partial charge on any atom is 0.344 e. The number of rotatable bonds is 3. The van der Waals surface area contributed by atoms with Crippen molar-refractivity contribution in [3.05, 3.63) is 88.8 Å². The van der Waals surface area contributed by atoms with Crippen LogP contribution >= 0.6 is 0 Å². The van der Waals surface area contributed by atoms with Crippen molar-refractivity contribution in [2.45, 2.75) is 0 Å². The zero-order valence-corrected chi connectivity index (χ0v) is 15.2. The maximum absolute atomic E-state index is 12.5. The predicted molar refractivity (Wildman–Crippen MR) is 108 cm³/mol. The lowest BCUT2D eigenvalue weighted by molar-refractivity contribution is 0.102. The van der Waals surface area contributed by atoms with Gasteiger partial charge in [-0.1, -0.05) is 30.3 Å². The summed E-state index contributed by atoms with van der Waals surface area (Å²) in [6, 6.07) is 21.2. The van der Waals surface area contributed by atoms with Gasteiger partial charge >= 0.3 is 5.63 Å². The highest BCUT2D eigenvalue weighted by Gasteiger charge is 2.16. The Morgan fingerprint density at radius 3 is 2.52 bits per heavy atom. The van der Waals surface area contributed by atoms with Gasteiger partial charge in [0.05, 0.1) is 5.56 Å². The molecule has 0 saturated heterocycles. The molecule has 0 unspecified atom stereocenters. The number of amides is 1. The van der Waals surface area contributed by atoms with Crippen molar-refractivity contribution in [2.24, 2.45) is 0 Å². The third kappa shape index (κ3) is 3.21. The molecule has 0 fully saturated rings. The molecule has 1 aromatic heterocycles. The normalized spacial score (nSPS) is 12.1. The Morgan fingerprint density at radius 1 is 0.862 bits per heavy atom. The number of hydrogen-bond acceptors (Lipinski definition) is 5. The molecule has 0 aliphatic carbocycles. The van der Waals surface area contributed by atoms with Crippen molar-refractivity contribution in [3.63, 3.8) is 0 Å². The van der Waals surface area contributed by atoms with Crippen molar-refractivity contribution in [1.82, 2.24) is 0 Å². The zero-order valence-electron chi connectivity index (χ0n) is 15.2. The largest absolute Gasteiger partial charge is 0.454 e. The van der Waals surface area contributed by atoms with Crippen LogP contribution in [0.1, 0.15) is 10.4 Å². The molecule has 3 aromatic carbocycles. The molecule has 142 valence electrons. The molecular weight excluding hydrogens is 370 g/mol. The number of benzene rings is 3. The number of ether oxygens (including phenoxy) is 2. The average molecular weight is 385 g/mol. The van der Waals surface area contributed by atoms with Gasteiger partial charge in [0, 0.05) is 16.6 Å². The zero-order chi connectivity index (χ0) is 19.8. The Bertz CT molecular complexity index is 1290. The predicted octanol–water partition coefficient (Wildman–Crippen LogP) is 4.44. The van der Waals surface area contributed by atoms with Gasteiger partial charge in [-0.15, -0.1) is 0 Å². The molecular formula is C23H15NO5. The Labute approximate surface area is 165 Å². The van der Waals surface area contributed by atoms with Gasteiger partial charge in [-0.05, 0) is 48.0 Å². The summed E-state index contributed by atoms with van der Waals surface area (Å²) in [6.45, 7) is 0.157. The molecule has 0 radical (unpaired) electrons. The first-order chi connectivity index (χ1) is 14.2. The first kappa shape index (κ1) is 17.1. The SMILES string of the molecule is O=C(Nc1ccc(-c2cc3ccccc3oc2=O)cc1)c1ccc2c(c1)OCO2. The van der Waals surface area contributed by atoms with E-state index in [1.54, 1.807) is 54.6 Å². The van der Waals surface area contributed by atoms with E-state index in [9.17, 15) is 9.59 Å². The molecule has 4 aromatic rings. The second-order valence-corrected chi connectivity index (χ2v) is 6.58. The van der Waals surface area contributed by atoms with Crippen LogP contribution in [0.3, 0.4) is 0 Å². The molecule has 0 bridgehead atoms. The van der Waals surface area contributed by atoms with E-state index in [0.29, 0.717) is 39.5 Å². The van der Waals surface area contributed by atoms with Gasteiger partial charge in [0.2, 0.25) is 6.79 Å². The number of para-hydroxylation sites is 1. The van der Waals surface area contributed by atoms with E-state index in [0.717, 1.165) is 5.39 Å². The van der Waals surface area contributed by atoms with Crippen molar-refractivity contribution in [1.29, 1.82) is 0 Å². The van der Waals surface area contributed by atoms with E-state index in [4.69, 9.17) is 13.9 Å². The molecule has 6 heteroatoms. The lowest BCUT2D eigenvalue weighted by atomic mass is 10.1. The Hall–Kier alpha value is -4.06. The Balaban J connectivity index is 1.38. The molecule has 0 spiro atoms. The van der Waals surface area contributed by atoms with Gasteiger partial charge in [0.15, 0.2) is 11.5 Å². The lowest BCUT2D eigenvalue weighted by Crippen LogP contribution is -2.11. The number of fused-ring (bicyclic) bond motifs is 2. The first-order valence-corrected chi connectivity index (χ1v) is 9.02. The van der Waals surface area contributed by atoms with Gasteiger partial charge in [0.1, 0.15) is 5.58 Å². The van der Waals surface area contributed by atoms with E-state index in [2.05, 4.69) is 5.32 Å². The van der Waals surface area contributed by atoms with Crippen LogP contribution in [0.4, 0.5) is 5.69 Å². The van der Waals surface area contributed by atoms with Gasteiger partial charge in [-0.2, -0.15) is 0 Å². The quantitative estimate of drug-likeness (QED) is 0.528. The number of nitrogens with one attached hydrogen (secondary N) is 1. The van der Waals surface area contributed by atoms with Gasteiger partial charge in [0.25, 0.3) is 5.91 Å². The highest BCUT2D eigenvalue weighted by Crippen LogP contribution is 2.32. The van der Waals surface area contributed by atoms with Gasteiger partial charge in [-0.25, -0.2) is 4.79 Å². The van der Waals surface area contributed by atoms with Crippen molar-refractivity contribution < 1.29 is 18.7 Å². The van der Waals surface area contributed by atoms with Crippen LogP contribution in [0.15, 0.2) is 82.0 Å². The van der Waals surface area contributed by atoms with Crippen LogP contribution in [0.5, 0.6) is 11.5 Å². The summed E-state index contributed by atoms with van der Waals surface area (Å²) in [5, 5.41) is 3.68. The molecule has 2 heterocycles. The number of hydrogen-bond donors (Lipinski definition) is 1. The van der Waals surface area contributed by atoms with E-state index in [-0.39, 0.29) is 12.7 Å². The first-order valence-electron chi connectivity index (χ1n) is 9.02. The molecule has 1 amide bonds. The molecule has 1 N–H and O–H groups in total. The summed E-state index contributed by atoms with van der Waals surface area (Å²) in [6.07, 6.45) is 0. The average Bonchev–Trinajstić information content (AvgIpc) is 3.22. The molecule has 0 atom stereocenters. The van der Waals surface area contributed by atoms with Crippen molar-refractivity contribution in [2.75, 3.05) is 12.1 Å². The van der Waals surface area contributed by atoms with Crippen LogP contribution in [0.2, 0.25) is 0 Å². The maximum atomic E-state index is 12.5. The highest BCUT2D eigenvalue weighted by atomic mass is 16.7. The number of anilines is 1. The fourth-order valence-corrected chi connectivity index (χ4v) is 3.24. The van der Waals surface area contributed by atoms with E-state index in [1.165, 1.54) is 0 Å². The summed E-state index contributed by atoms with van der Waals surface area (Å²) < 4.78 is 16.0. The minimum Gasteiger partial charge on any atom is -0.454 e. The number of carbonyl (C=O) groups excluding carboxylic acids is 1. The highest BCUT2D eigenvalue weighted by molar-refractivity contribution is 6.04. The summed E-state index contributed by atoms with van der Waals surface area (Å²) >= 11 is 0. The standard InChI is InChI=1S/C23H15NO5/c25-22(16-7-10-20-21(12-16)28-13-27-20)24-17-8-5-14(6-9-17)18-11-15-3-1-2-4-19(15)29-23(18)26/h1-12H,13H2,(H,24,25). The van der Waals surface area contributed by atoms with Crippen LogP contribution < -0.4 is 20.4 Å². The monoisotopic (exact) mass is 385 g/mol. The second-order valence-electron chi connectivity index (χ2n) is 6.58.